The van der Waals surface area contributed by atoms with E-state index in [4.69, 9.17) is 4.84 Å². The van der Waals surface area contributed by atoms with Crippen LogP contribution in [0.1, 0.15) is 20.8 Å². The lowest BCUT2D eigenvalue weighted by molar-refractivity contribution is -0.0715. The molecule has 0 radical (unpaired) electrons. The predicted molar refractivity (Wildman–Crippen MR) is 32.1 cm³/mol. The molecule has 0 rings (SSSR count). The second kappa shape index (κ2) is 3.22. The monoisotopic (exact) mass is 130 g/mol. The SMILES string of the molecule is CC(C)(C)ONN=C=O. The molecule has 0 bridgehead atoms. The molecule has 0 heterocycles. The van der Waals surface area contributed by atoms with E-state index in [0.29, 0.717) is 0 Å². The highest BCUT2D eigenvalue weighted by atomic mass is 16.7. The first-order chi connectivity index (χ1) is 4.06. The minimum absolute atomic E-state index is 0.333. The van der Waals surface area contributed by atoms with Crippen LogP contribution in [0.25, 0.3) is 0 Å². The van der Waals surface area contributed by atoms with Crippen LogP contribution in [0.15, 0.2) is 5.10 Å². The van der Waals surface area contributed by atoms with Crippen molar-refractivity contribution in [1.82, 2.24) is 5.59 Å². The summed E-state index contributed by atoms with van der Waals surface area (Å²) in [5.41, 5.74) is 1.74. The molecular formula is C5H10N2O2. The Balaban J connectivity index is 3.39. The van der Waals surface area contributed by atoms with Crippen LogP contribution in [-0.4, -0.2) is 11.7 Å². The van der Waals surface area contributed by atoms with Gasteiger partial charge < -0.3 is 0 Å². The molecule has 0 atom stereocenters. The zero-order valence-corrected chi connectivity index (χ0v) is 5.76. The number of nitrogens with one attached hydrogen (secondary N) is 1. The van der Waals surface area contributed by atoms with Gasteiger partial charge in [0.2, 0.25) is 0 Å². The molecule has 4 heteroatoms. The first-order valence-corrected chi connectivity index (χ1v) is 2.56. The number of hydrogen-bond acceptors (Lipinski definition) is 4. The number of carbonyl (C=O) groups excluding carboxylic acids is 1. The zero-order chi connectivity index (χ0) is 7.33. The van der Waals surface area contributed by atoms with Gasteiger partial charge in [0, 0.05) is 0 Å². The highest BCUT2D eigenvalue weighted by molar-refractivity contribution is 5.31. The summed E-state index contributed by atoms with van der Waals surface area (Å²) in [6.07, 6.45) is 1.28. The average molecular weight is 130 g/mol. The maximum atomic E-state index is 9.46. The van der Waals surface area contributed by atoms with Gasteiger partial charge in [0.1, 0.15) is 0 Å². The number of rotatable bonds is 2. The maximum absolute atomic E-state index is 9.46. The second-order valence-corrected chi connectivity index (χ2v) is 2.51. The Morgan fingerprint density at radius 3 is 2.44 bits per heavy atom. The van der Waals surface area contributed by atoms with Gasteiger partial charge in [0.25, 0.3) is 6.08 Å². The van der Waals surface area contributed by atoms with Crippen molar-refractivity contribution in [3.05, 3.63) is 0 Å². The van der Waals surface area contributed by atoms with Gasteiger partial charge in [-0.3, -0.25) is 4.84 Å². The topological polar surface area (TPSA) is 50.7 Å². The first kappa shape index (κ1) is 8.14. The molecule has 0 unspecified atom stereocenters. The molecule has 0 aromatic rings. The fourth-order valence-electron chi connectivity index (χ4n) is 0.178. The Kier molecular flexibility index (Phi) is 2.91. The fourth-order valence-corrected chi connectivity index (χ4v) is 0.178. The molecule has 52 valence electrons. The first-order valence-electron chi connectivity index (χ1n) is 2.56. The lowest BCUT2D eigenvalue weighted by atomic mass is 10.2. The minimum atomic E-state index is -0.333. The Bertz CT molecular complexity index is 121. The van der Waals surface area contributed by atoms with E-state index >= 15 is 0 Å². The highest BCUT2D eigenvalue weighted by Crippen LogP contribution is 2.02. The van der Waals surface area contributed by atoms with E-state index in [0.717, 1.165) is 0 Å². The van der Waals surface area contributed by atoms with E-state index in [-0.39, 0.29) is 5.60 Å². The molecule has 0 amide bonds. The van der Waals surface area contributed by atoms with Crippen molar-refractivity contribution in [1.29, 1.82) is 0 Å². The van der Waals surface area contributed by atoms with Gasteiger partial charge in [-0.1, -0.05) is 5.10 Å². The molecule has 0 aromatic carbocycles. The van der Waals surface area contributed by atoms with Gasteiger partial charge in [-0.25, -0.2) is 4.79 Å². The van der Waals surface area contributed by atoms with Crippen molar-refractivity contribution in [3.63, 3.8) is 0 Å². The zero-order valence-electron chi connectivity index (χ0n) is 5.76. The average Bonchev–Trinajstić information content (AvgIpc) is 1.63. The van der Waals surface area contributed by atoms with Crippen LogP contribution < -0.4 is 5.59 Å². The largest absolute Gasteiger partial charge is 0.260 e. The molecule has 0 aromatic heterocycles. The summed E-state index contributed by atoms with van der Waals surface area (Å²) in [6, 6.07) is 0. The maximum Gasteiger partial charge on any atom is 0.260 e. The quantitative estimate of drug-likeness (QED) is 0.337. The van der Waals surface area contributed by atoms with Gasteiger partial charge in [0.15, 0.2) is 0 Å². The summed E-state index contributed by atoms with van der Waals surface area (Å²) in [6.45, 7) is 5.50. The van der Waals surface area contributed by atoms with Gasteiger partial charge in [-0.15, -0.1) is 0 Å². The molecule has 0 aliphatic carbocycles. The molecular weight excluding hydrogens is 120 g/mol. The molecule has 0 saturated heterocycles. The van der Waals surface area contributed by atoms with E-state index in [1.165, 1.54) is 6.08 Å². The van der Waals surface area contributed by atoms with Crippen molar-refractivity contribution in [2.24, 2.45) is 5.10 Å². The van der Waals surface area contributed by atoms with Crippen molar-refractivity contribution >= 4 is 6.08 Å². The van der Waals surface area contributed by atoms with E-state index in [1.54, 1.807) is 0 Å². The third-order valence-corrected chi connectivity index (χ3v) is 0.443. The molecule has 0 aliphatic rings. The van der Waals surface area contributed by atoms with Crippen LogP contribution in [0.4, 0.5) is 0 Å². The summed E-state index contributed by atoms with van der Waals surface area (Å²) in [5.74, 6) is 0. The van der Waals surface area contributed by atoms with E-state index in [9.17, 15) is 4.79 Å². The van der Waals surface area contributed by atoms with Gasteiger partial charge in [-0.2, -0.15) is 5.59 Å². The van der Waals surface area contributed by atoms with Crippen molar-refractivity contribution in [2.75, 3.05) is 0 Å². The van der Waals surface area contributed by atoms with Crippen molar-refractivity contribution < 1.29 is 9.63 Å². The summed E-state index contributed by atoms with van der Waals surface area (Å²) < 4.78 is 0. The van der Waals surface area contributed by atoms with E-state index in [1.807, 2.05) is 20.8 Å². The second-order valence-electron chi connectivity index (χ2n) is 2.51. The third-order valence-electron chi connectivity index (χ3n) is 0.443. The van der Waals surface area contributed by atoms with Crippen LogP contribution in [0.5, 0.6) is 0 Å². The predicted octanol–water partition coefficient (Wildman–Crippen LogP) is 0.557. The third kappa shape index (κ3) is 7.14. The molecule has 4 nitrogen and oxygen atoms in total. The molecule has 0 fully saturated rings. The normalized spacial score (nSPS) is 10.1. The Morgan fingerprint density at radius 1 is 1.56 bits per heavy atom. The summed E-state index contributed by atoms with van der Waals surface area (Å²) in [7, 11) is 0. The van der Waals surface area contributed by atoms with E-state index in [2.05, 4.69) is 10.7 Å². The van der Waals surface area contributed by atoms with Gasteiger partial charge in [0.05, 0.1) is 5.60 Å². The van der Waals surface area contributed by atoms with Crippen molar-refractivity contribution in [3.8, 4) is 0 Å². The summed E-state index contributed by atoms with van der Waals surface area (Å²) in [4.78, 5) is 14.2. The molecule has 0 spiro atoms. The number of isocyanates is 1. The highest BCUT2D eigenvalue weighted by Gasteiger charge is 2.08. The lowest BCUT2D eigenvalue weighted by Gasteiger charge is -2.15. The molecule has 9 heavy (non-hydrogen) atoms. The minimum Gasteiger partial charge on any atom is -0.253 e. The number of hydrazone groups is 1. The molecule has 1 N–H and O–H groups in total. The summed E-state index contributed by atoms with van der Waals surface area (Å²) in [5, 5.41) is 2.98. The van der Waals surface area contributed by atoms with Crippen LogP contribution in [0.3, 0.4) is 0 Å². The Labute approximate surface area is 53.8 Å². The summed E-state index contributed by atoms with van der Waals surface area (Å²) >= 11 is 0. The van der Waals surface area contributed by atoms with Crippen LogP contribution in [0, 0.1) is 0 Å². The number of hydrogen-bond donors (Lipinski definition) is 1. The van der Waals surface area contributed by atoms with Crippen molar-refractivity contribution in [2.45, 2.75) is 26.4 Å². The van der Waals surface area contributed by atoms with Gasteiger partial charge >= 0.3 is 0 Å². The Hall–Kier alpha value is -0.860. The standard InChI is InChI=1S/C5H10N2O2/c1-5(2,3)9-7-6-4-8/h7H,1-3H3. The van der Waals surface area contributed by atoms with E-state index < -0.39 is 0 Å². The fraction of sp³-hybridized carbons (Fsp3) is 0.800. The van der Waals surface area contributed by atoms with Crippen LogP contribution in [0.2, 0.25) is 0 Å². The van der Waals surface area contributed by atoms with Crippen LogP contribution in [-0.2, 0) is 9.63 Å². The molecule has 0 saturated carbocycles. The van der Waals surface area contributed by atoms with Crippen LogP contribution >= 0.6 is 0 Å². The molecule has 0 aliphatic heterocycles. The Morgan fingerprint density at radius 2 is 2.11 bits per heavy atom. The van der Waals surface area contributed by atoms with Gasteiger partial charge in [-0.05, 0) is 20.8 Å². The lowest BCUT2D eigenvalue weighted by Crippen LogP contribution is -2.25. The number of nitrogens with zero attached hydrogens (tertiary/aromatic N) is 1. The smallest absolute Gasteiger partial charge is 0.253 e.